The number of nitrogens with zero attached hydrogens (tertiary/aromatic N) is 1. The molecule has 1 aliphatic carbocycles. The summed E-state index contributed by atoms with van der Waals surface area (Å²) in [6.07, 6.45) is -8.24. The molecule has 14 heteroatoms. The SMILES string of the molecule is CN1C=C2C3=C(C(NC(=O)c4cc(F)cc(C(F)(F)F)c4)=CC2C1CC(F)(F)F)C(c1cc(F)ccc1Cl)NC3=O. The Balaban J connectivity index is 1.63. The Morgan fingerprint density at radius 3 is 2.41 bits per heavy atom. The quantitative estimate of drug-likeness (QED) is 0.409. The van der Waals surface area contributed by atoms with Gasteiger partial charge in [0.1, 0.15) is 11.6 Å². The minimum Gasteiger partial charge on any atom is -0.376 e. The normalized spacial score (nSPS) is 22.2. The van der Waals surface area contributed by atoms with E-state index in [0.29, 0.717) is 12.1 Å². The van der Waals surface area contributed by atoms with Gasteiger partial charge >= 0.3 is 12.4 Å². The first-order valence-electron chi connectivity index (χ1n) is 12.0. The van der Waals surface area contributed by atoms with Gasteiger partial charge in [-0.25, -0.2) is 8.78 Å². The summed E-state index contributed by atoms with van der Waals surface area (Å²) in [5, 5.41) is 4.98. The maximum absolute atomic E-state index is 14.2. The molecule has 5 rings (SSSR count). The molecule has 5 nitrogen and oxygen atoms in total. The second-order valence-corrected chi connectivity index (χ2v) is 10.2. The third kappa shape index (κ3) is 5.42. The minimum absolute atomic E-state index is 0.0191. The third-order valence-electron chi connectivity index (χ3n) is 7.07. The van der Waals surface area contributed by atoms with Crippen molar-refractivity contribution < 1.29 is 44.7 Å². The van der Waals surface area contributed by atoms with E-state index in [2.05, 4.69) is 10.6 Å². The zero-order chi connectivity index (χ0) is 30.0. The van der Waals surface area contributed by atoms with Gasteiger partial charge in [-0.05, 0) is 42.0 Å². The number of alkyl halides is 6. The molecule has 216 valence electrons. The van der Waals surface area contributed by atoms with E-state index in [1.807, 2.05) is 0 Å². The fourth-order valence-corrected chi connectivity index (χ4v) is 5.57. The second-order valence-electron chi connectivity index (χ2n) is 9.78. The van der Waals surface area contributed by atoms with Gasteiger partial charge in [-0.1, -0.05) is 17.7 Å². The van der Waals surface area contributed by atoms with Crippen LogP contribution in [-0.2, 0) is 11.0 Å². The highest BCUT2D eigenvalue weighted by atomic mass is 35.5. The Morgan fingerprint density at radius 1 is 1.05 bits per heavy atom. The predicted octanol–water partition coefficient (Wildman–Crippen LogP) is 6.20. The molecule has 2 aliphatic heterocycles. The lowest BCUT2D eigenvalue weighted by molar-refractivity contribution is -0.145. The summed E-state index contributed by atoms with van der Waals surface area (Å²) in [4.78, 5) is 27.6. The number of fused-ring (bicyclic) bond motifs is 2. The Kier molecular flexibility index (Phi) is 6.91. The topological polar surface area (TPSA) is 61.4 Å². The average molecular weight is 604 g/mol. The molecule has 0 radical (unpaired) electrons. The van der Waals surface area contributed by atoms with Gasteiger partial charge in [-0.2, -0.15) is 26.3 Å². The standard InChI is InChI=1S/C27H18ClF8N3O2/c1-39-10-17-15(20(39)9-26(31,32)33)8-19(37-24(40)11-4-12(27(34,35)36)6-14(30)5-11)22-21(17)25(41)38-23(22)16-7-13(29)2-3-18(16)28/h2-8,10,15,20,23H,9H2,1H3,(H,37,40)(H,38,41). The number of amides is 2. The van der Waals surface area contributed by atoms with Crippen molar-refractivity contribution in [3.05, 3.63) is 104 Å². The van der Waals surface area contributed by atoms with Crippen molar-refractivity contribution in [1.82, 2.24) is 15.5 Å². The number of rotatable bonds is 4. The van der Waals surface area contributed by atoms with Crippen LogP contribution in [0.4, 0.5) is 35.1 Å². The van der Waals surface area contributed by atoms with Crippen molar-refractivity contribution >= 4 is 23.4 Å². The van der Waals surface area contributed by atoms with Crippen molar-refractivity contribution in [2.45, 2.75) is 30.9 Å². The highest BCUT2D eigenvalue weighted by Gasteiger charge is 2.49. The van der Waals surface area contributed by atoms with Crippen molar-refractivity contribution in [3.8, 4) is 0 Å². The molecule has 2 aromatic rings. The number of carbonyl (C=O) groups excluding carboxylic acids is 2. The van der Waals surface area contributed by atoms with E-state index in [-0.39, 0.29) is 39.1 Å². The van der Waals surface area contributed by atoms with Crippen LogP contribution in [0.25, 0.3) is 0 Å². The summed E-state index contributed by atoms with van der Waals surface area (Å²) < 4.78 is 108. The molecule has 0 fully saturated rings. The Morgan fingerprint density at radius 2 is 1.76 bits per heavy atom. The first-order valence-corrected chi connectivity index (χ1v) is 12.3. The van der Waals surface area contributed by atoms with Crippen LogP contribution in [0.15, 0.2) is 71.1 Å². The molecule has 2 heterocycles. The fraction of sp³-hybridized carbons (Fsp3) is 0.259. The fourth-order valence-electron chi connectivity index (χ4n) is 5.35. The molecule has 0 spiro atoms. The molecule has 3 unspecified atom stereocenters. The van der Waals surface area contributed by atoms with Crippen molar-refractivity contribution in [1.29, 1.82) is 0 Å². The van der Waals surface area contributed by atoms with Gasteiger partial charge in [-0.15, -0.1) is 0 Å². The second kappa shape index (κ2) is 9.89. The van der Waals surface area contributed by atoms with Crippen LogP contribution >= 0.6 is 11.6 Å². The molecule has 2 N–H and O–H groups in total. The molecular weight excluding hydrogens is 586 g/mol. The zero-order valence-corrected chi connectivity index (χ0v) is 21.5. The van der Waals surface area contributed by atoms with Crippen LogP contribution in [-0.4, -0.2) is 36.0 Å². The Labute approximate surface area is 232 Å². The Hall–Kier alpha value is -3.87. The number of halogens is 9. The minimum atomic E-state index is -4.98. The molecular formula is C27H18ClF8N3O2. The van der Waals surface area contributed by atoms with Gasteiger partial charge in [0, 0.05) is 52.6 Å². The summed E-state index contributed by atoms with van der Waals surface area (Å²) in [7, 11) is 1.38. The van der Waals surface area contributed by atoms with Gasteiger partial charge < -0.3 is 15.5 Å². The van der Waals surface area contributed by atoms with Crippen LogP contribution in [0.5, 0.6) is 0 Å². The Bertz CT molecular complexity index is 1560. The van der Waals surface area contributed by atoms with E-state index in [0.717, 1.165) is 12.1 Å². The van der Waals surface area contributed by atoms with E-state index in [9.17, 15) is 44.7 Å². The molecule has 2 amide bonds. The third-order valence-corrected chi connectivity index (χ3v) is 7.41. The lowest BCUT2D eigenvalue weighted by Gasteiger charge is -2.30. The number of carbonyl (C=O) groups is 2. The van der Waals surface area contributed by atoms with Crippen molar-refractivity contribution in [2.24, 2.45) is 5.92 Å². The van der Waals surface area contributed by atoms with E-state index >= 15 is 0 Å². The summed E-state index contributed by atoms with van der Waals surface area (Å²) in [5.41, 5.74) is -2.18. The number of benzene rings is 2. The summed E-state index contributed by atoms with van der Waals surface area (Å²) in [6.45, 7) is 0. The molecule has 2 aromatic carbocycles. The van der Waals surface area contributed by atoms with Gasteiger partial charge in [0.25, 0.3) is 11.8 Å². The molecule has 0 aromatic heterocycles. The maximum atomic E-state index is 14.2. The smallest absolute Gasteiger partial charge is 0.376 e. The molecule has 0 saturated carbocycles. The van der Waals surface area contributed by atoms with Crippen molar-refractivity contribution in [3.63, 3.8) is 0 Å². The molecule has 0 saturated heterocycles. The van der Waals surface area contributed by atoms with Gasteiger partial charge in [-0.3, -0.25) is 9.59 Å². The van der Waals surface area contributed by atoms with Crippen LogP contribution in [0.1, 0.15) is 33.9 Å². The molecule has 3 aliphatic rings. The van der Waals surface area contributed by atoms with Gasteiger partial charge in [0.15, 0.2) is 0 Å². The lowest BCUT2D eigenvalue weighted by atomic mass is 9.79. The zero-order valence-electron chi connectivity index (χ0n) is 20.7. The number of nitrogens with one attached hydrogen (secondary N) is 2. The van der Waals surface area contributed by atoms with E-state index < -0.39 is 71.4 Å². The highest BCUT2D eigenvalue weighted by Crippen LogP contribution is 2.49. The largest absolute Gasteiger partial charge is 0.416 e. The number of hydrogen-bond donors (Lipinski definition) is 2. The molecule has 3 atom stereocenters. The molecule has 0 bridgehead atoms. The first kappa shape index (κ1) is 28.7. The predicted molar refractivity (Wildman–Crippen MR) is 130 cm³/mol. The van der Waals surface area contributed by atoms with Gasteiger partial charge in [0.2, 0.25) is 0 Å². The highest BCUT2D eigenvalue weighted by molar-refractivity contribution is 6.31. The number of hydrogen-bond acceptors (Lipinski definition) is 3. The monoisotopic (exact) mass is 603 g/mol. The van der Waals surface area contributed by atoms with E-state index in [4.69, 9.17) is 11.6 Å². The maximum Gasteiger partial charge on any atom is 0.416 e. The van der Waals surface area contributed by atoms with E-state index in [1.54, 1.807) is 0 Å². The van der Waals surface area contributed by atoms with Crippen LogP contribution in [0.3, 0.4) is 0 Å². The molecule has 41 heavy (non-hydrogen) atoms. The van der Waals surface area contributed by atoms with Crippen molar-refractivity contribution in [2.75, 3.05) is 7.05 Å². The van der Waals surface area contributed by atoms with Crippen LogP contribution in [0, 0.1) is 17.6 Å². The van der Waals surface area contributed by atoms with Crippen LogP contribution < -0.4 is 10.6 Å². The van der Waals surface area contributed by atoms with Crippen LogP contribution in [0.2, 0.25) is 5.02 Å². The average Bonchev–Trinajstić information content (AvgIpc) is 3.35. The van der Waals surface area contributed by atoms with Gasteiger partial charge in [0.05, 0.1) is 23.6 Å². The summed E-state index contributed by atoms with van der Waals surface area (Å²) >= 11 is 6.27. The lowest BCUT2D eigenvalue weighted by Crippen LogP contribution is -2.36. The first-order chi connectivity index (χ1) is 19.0. The summed E-state index contributed by atoms with van der Waals surface area (Å²) in [5.74, 6) is -5.10. The summed E-state index contributed by atoms with van der Waals surface area (Å²) in [6, 6.07) is 2.08. The van der Waals surface area contributed by atoms with E-state index in [1.165, 1.54) is 30.3 Å².